The van der Waals surface area contributed by atoms with Crippen LogP contribution in [0.1, 0.15) is 11.1 Å². The van der Waals surface area contributed by atoms with Crippen molar-refractivity contribution in [1.29, 1.82) is 0 Å². The molecule has 0 unspecified atom stereocenters. The van der Waals surface area contributed by atoms with Crippen molar-refractivity contribution in [3.63, 3.8) is 0 Å². The van der Waals surface area contributed by atoms with Crippen molar-refractivity contribution in [2.24, 2.45) is 0 Å². The summed E-state index contributed by atoms with van der Waals surface area (Å²) in [6.45, 7) is 0.446. The zero-order valence-corrected chi connectivity index (χ0v) is 8.45. The standard InChI is InChI=1S/C11H12NO3/c1-15-11(14)6-9-2-4-10(5-3-9)7-12-8-13/h2-5H,6-7H2,1H3,(H,12,13). The number of amides is 1. The molecule has 0 atom stereocenters. The first-order valence-electron chi connectivity index (χ1n) is 4.51. The maximum atomic E-state index is 11.0. The van der Waals surface area contributed by atoms with Crippen LogP contribution >= 0.6 is 0 Å². The Hall–Kier alpha value is -1.84. The number of hydrogen-bond acceptors (Lipinski definition) is 3. The van der Waals surface area contributed by atoms with E-state index in [1.807, 2.05) is 24.3 Å². The number of carbonyl (C=O) groups excluding carboxylic acids is 2. The lowest BCUT2D eigenvalue weighted by Crippen LogP contribution is -2.09. The van der Waals surface area contributed by atoms with Crippen molar-refractivity contribution in [1.82, 2.24) is 5.32 Å². The fourth-order valence-corrected chi connectivity index (χ4v) is 1.15. The molecule has 0 fully saturated rings. The normalized spacial score (nSPS) is 9.40. The van der Waals surface area contributed by atoms with Crippen LogP contribution < -0.4 is 5.32 Å². The largest absolute Gasteiger partial charge is 0.469 e. The Morgan fingerprint density at radius 2 is 1.93 bits per heavy atom. The van der Waals surface area contributed by atoms with Crippen LogP contribution in [0, 0.1) is 0 Å². The number of nitrogens with one attached hydrogen (secondary N) is 1. The van der Waals surface area contributed by atoms with Gasteiger partial charge < -0.3 is 10.1 Å². The third kappa shape index (κ3) is 3.81. The summed E-state index contributed by atoms with van der Waals surface area (Å²) in [4.78, 5) is 20.9. The lowest BCUT2D eigenvalue weighted by Gasteiger charge is -2.02. The molecular formula is C11H12NO3. The molecule has 4 nitrogen and oxygen atoms in total. The van der Waals surface area contributed by atoms with Crippen molar-refractivity contribution in [3.8, 4) is 0 Å². The molecule has 1 radical (unpaired) electrons. The lowest BCUT2D eigenvalue weighted by molar-refractivity contribution is -0.139. The molecule has 79 valence electrons. The van der Waals surface area contributed by atoms with Gasteiger partial charge in [-0.1, -0.05) is 24.3 Å². The van der Waals surface area contributed by atoms with E-state index >= 15 is 0 Å². The van der Waals surface area contributed by atoms with Crippen LogP contribution in [0.3, 0.4) is 0 Å². The Morgan fingerprint density at radius 1 is 1.33 bits per heavy atom. The van der Waals surface area contributed by atoms with Crippen LogP contribution in [-0.4, -0.2) is 19.5 Å². The smallest absolute Gasteiger partial charge is 0.309 e. The monoisotopic (exact) mass is 206 g/mol. The molecule has 0 aliphatic heterocycles. The first kappa shape index (κ1) is 11.2. The maximum Gasteiger partial charge on any atom is 0.309 e. The van der Waals surface area contributed by atoms with Gasteiger partial charge in [-0.25, -0.2) is 0 Å². The first-order valence-corrected chi connectivity index (χ1v) is 4.51. The molecule has 0 aliphatic carbocycles. The minimum atomic E-state index is -0.262. The molecule has 0 aliphatic rings. The van der Waals surface area contributed by atoms with Gasteiger partial charge in [0.1, 0.15) is 0 Å². The van der Waals surface area contributed by atoms with Gasteiger partial charge in [-0.2, -0.15) is 0 Å². The molecule has 15 heavy (non-hydrogen) atoms. The van der Waals surface area contributed by atoms with Gasteiger partial charge in [0.05, 0.1) is 13.5 Å². The molecular weight excluding hydrogens is 194 g/mol. The van der Waals surface area contributed by atoms with Gasteiger partial charge in [0.15, 0.2) is 0 Å². The molecule has 0 saturated carbocycles. The fourth-order valence-electron chi connectivity index (χ4n) is 1.15. The molecule has 0 saturated heterocycles. The van der Waals surface area contributed by atoms with Crippen molar-refractivity contribution >= 4 is 12.4 Å². The maximum absolute atomic E-state index is 11.0. The summed E-state index contributed by atoms with van der Waals surface area (Å²) < 4.78 is 4.55. The second kappa shape index (κ2) is 5.80. The van der Waals surface area contributed by atoms with Gasteiger partial charge in [0.2, 0.25) is 0 Å². The predicted molar refractivity (Wildman–Crippen MR) is 54.7 cm³/mol. The van der Waals surface area contributed by atoms with Crippen LogP contribution in [0.15, 0.2) is 24.3 Å². The Kier molecular flexibility index (Phi) is 4.34. The fraction of sp³-hybridized carbons (Fsp3) is 0.273. The number of benzene rings is 1. The summed E-state index contributed by atoms with van der Waals surface area (Å²) in [6.07, 6.45) is 1.87. The number of carbonyl (C=O) groups is 1. The molecule has 4 heteroatoms. The van der Waals surface area contributed by atoms with E-state index in [-0.39, 0.29) is 12.4 Å². The highest BCUT2D eigenvalue weighted by Crippen LogP contribution is 2.05. The Bertz CT molecular complexity index is 332. The van der Waals surface area contributed by atoms with Gasteiger partial charge in [-0.15, -0.1) is 0 Å². The molecule has 0 spiro atoms. The summed E-state index contributed by atoms with van der Waals surface area (Å²) in [5, 5.41) is 2.44. The lowest BCUT2D eigenvalue weighted by atomic mass is 10.1. The van der Waals surface area contributed by atoms with Gasteiger partial charge >= 0.3 is 12.4 Å². The third-order valence-electron chi connectivity index (χ3n) is 1.96. The van der Waals surface area contributed by atoms with Gasteiger partial charge in [-0.05, 0) is 11.1 Å². The summed E-state index contributed by atoms with van der Waals surface area (Å²) in [7, 11) is 1.36. The van der Waals surface area contributed by atoms with E-state index in [9.17, 15) is 9.59 Å². The van der Waals surface area contributed by atoms with E-state index < -0.39 is 0 Å². The van der Waals surface area contributed by atoms with E-state index in [2.05, 4.69) is 10.1 Å². The van der Waals surface area contributed by atoms with E-state index in [4.69, 9.17) is 0 Å². The number of methoxy groups -OCH3 is 1. The van der Waals surface area contributed by atoms with Gasteiger partial charge in [0, 0.05) is 6.54 Å². The van der Waals surface area contributed by atoms with Crippen molar-refractivity contribution < 1.29 is 14.3 Å². The van der Waals surface area contributed by atoms with Crippen molar-refractivity contribution in [2.75, 3.05) is 7.11 Å². The third-order valence-corrected chi connectivity index (χ3v) is 1.96. The zero-order chi connectivity index (χ0) is 11.1. The molecule has 1 amide bonds. The van der Waals surface area contributed by atoms with Crippen molar-refractivity contribution in [2.45, 2.75) is 13.0 Å². The highest BCUT2D eigenvalue weighted by Gasteiger charge is 2.02. The summed E-state index contributed by atoms with van der Waals surface area (Å²) in [5.74, 6) is -0.262. The summed E-state index contributed by atoms with van der Waals surface area (Å²) in [5.41, 5.74) is 1.85. The minimum absolute atomic E-state index is 0.262. The summed E-state index contributed by atoms with van der Waals surface area (Å²) in [6, 6.07) is 7.36. The van der Waals surface area contributed by atoms with Crippen LogP contribution in [0.2, 0.25) is 0 Å². The molecule has 0 heterocycles. The molecule has 0 bridgehead atoms. The Balaban J connectivity index is 2.55. The SMILES string of the molecule is COC(=O)Cc1ccc(CN[C]=O)cc1. The first-order chi connectivity index (χ1) is 7.26. The van der Waals surface area contributed by atoms with Crippen molar-refractivity contribution in [3.05, 3.63) is 35.4 Å². The van der Waals surface area contributed by atoms with E-state index in [0.717, 1.165) is 11.1 Å². The molecule has 1 N–H and O–H groups in total. The molecule has 1 aromatic rings. The Labute approximate surface area is 88.2 Å². The Morgan fingerprint density at radius 3 is 2.47 bits per heavy atom. The van der Waals surface area contributed by atoms with E-state index in [1.165, 1.54) is 7.11 Å². The second-order valence-electron chi connectivity index (χ2n) is 3.03. The number of rotatable bonds is 5. The van der Waals surface area contributed by atoms with Gasteiger partial charge in [0.25, 0.3) is 0 Å². The van der Waals surface area contributed by atoms with Crippen LogP contribution in [0.25, 0.3) is 0 Å². The molecule has 1 aromatic carbocycles. The predicted octanol–water partition coefficient (Wildman–Crippen LogP) is 0.559. The quantitative estimate of drug-likeness (QED) is 0.565. The number of hydrogen-bond donors (Lipinski definition) is 1. The molecule has 0 aromatic heterocycles. The van der Waals surface area contributed by atoms with Gasteiger partial charge in [-0.3, -0.25) is 9.59 Å². The van der Waals surface area contributed by atoms with Crippen LogP contribution in [-0.2, 0) is 27.3 Å². The van der Waals surface area contributed by atoms with E-state index in [1.54, 1.807) is 6.41 Å². The number of ether oxygens (including phenoxy) is 1. The highest BCUT2D eigenvalue weighted by atomic mass is 16.5. The average molecular weight is 206 g/mol. The van der Waals surface area contributed by atoms with Crippen LogP contribution in [0.4, 0.5) is 0 Å². The summed E-state index contributed by atoms with van der Waals surface area (Å²) >= 11 is 0. The number of esters is 1. The second-order valence-corrected chi connectivity index (χ2v) is 3.03. The average Bonchev–Trinajstić information content (AvgIpc) is 2.28. The topological polar surface area (TPSA) is 55.4 Å². The van der Waals surface area contributed by atoms with E-state index in [0.29, 0.717) is 6.54 Å². The highest BCUT2D eigenvalue weighted by molar-refractivity contribution is 5.72. The minimum Gasteiger partial charge on any atom is -0.469 e. The zero-order valence-electron chi connectivity index (χ0n) is 8.45. The molecule has 1 rings (SSSR count). The van der Waals surface area contributed by atoms with Crippen LogP contribution in [0.5, 0.6) is 0 Å².